The number of aldehydes is 1. The fraction of sp³-hybridized carbons (Fsp3) is 0.467. The highest BCUT2D eigenvalue weighted by Crippen LogP contribution is 2.31. The molecule has 4 nitrogen and oxygen atoms in total. The molecule has 0 radical (unpaired) electrons. The molecule has 102 valence electrons. The van der Waals surface area contributed by atoms with E-state index >= 15 is 0 Å². The van der Waals surface area contributed by atoms with Gasteiger partial charge in [0, 0.05) is 13.5 Å². The Kier molecular flexibility index (Phi) is 4.55. The predicted molar refractivity (Wildman–Crippen MR) is 73.6 cm³/mol. The van der Waals surface area contributed by atoms with Crippen LogP contribution < -0.4 is 9.64 Å². The first-order chi connectivity index (χ1) is 9.22. The standard InChI is InChI=1S/C15H19NO3/c1-16-13-11-12(5-3-2-4-9-17)6-7-14(13)19-10-8-15(16)18/h6-7,9,11H,2-5,8,10H2,1H3. The third-order valence-electron chi connectivity index (χ3n) is 3.37. The zero-order chi connectivity index (χ0) is 13.7. The van der Waals surface area contributed by atoms with Gasteiger partial charge in [0.2, 0.25) is 5.91 Å². The number of unbranched alkanes of at least 4 members (excludes halogenated alkanes) is 2. The van der Waals surface area contributed by atoms with Gasteiger partial charge in [0.15, 0.2) is 0 Å². The molecule has 0 fully saturated rings. The van der Waals surface area contributed by atoms with Crippen LogP contribution in [0.25, 0.3) is 0 Å². The summed E-state index contributed by atoms with van der Waals surface area (Å²) in [6, 6.07) is 5.97. The highest BCUT2D eigenvalue weighted by atomic mass is 16.5. The number of aryl methyl sites for hydroxylation is 1. The summed E-state index contributed by atoms with van der Waals surface area (Å²) < 4.78 is 5.58. The second-order valence-corrected chi connectivity index (χ2v) is 4.77. The van der Waals surface area contributed by atoms with Crippen LogP contribution in [0, 0.1) is 0 Å². The van der Waals surface area contributed by atoms with E-state index in [1.807, 2.05) is 18.2 Å². The van der Waals surface area contributed by atoms with Gasteiger partial charge in [-0.05, 0) is 37.0 Å². The van der Waals surface area contributed by atoms with Crippen molar-refractivity contribution in [3.63, 3.8) is 0 Å². The predicted octanol–water partition coefficient (Wildman–Crippen LogP) is 2.34. The summed E-state index contributed by atoms with van der Waals surface area (Å²) in [5.74, 6) is 0.849. The van der Waals surface area contributed by atoms with Crippen LogP contribution in [-0.4, -0.2) is 25.8 Å². The minimum absolute atomic E-state index is 0.0804. The van der Waals surface area contributed by atoms with Crippen LogP contribution in [0.5, 0.6) is 5.75 Å². The van der Waals surface area contributed by atoms with E-state index in [9.17, 15) is 9.59 Å². The van der Waals surface area contributed by atoms with Crippen LogP contribution in [0.1, 0.15) is 31.2 Å². The highest BCUT2D eigenvalue weighted by Gasteiger charge is 2.19. The molecule has 0 atom stereocenters. The first-order valence-corrected chi connectivity index (χ1v) is 6.68. The van der Waals surface area contributed by atoms with Crippen molar-refractivity contribution in [1.29, 1.82) is 0 Å². The fourth-order valence-electron chi connectivity index (χ4n) is 2.21. The largest absolute Gasteiger partial charge is 0.491 e. The van der Waals surface area contributed by atoms with E-state index in [0.717, 1.165) is 37.0 Å². The molecule has 1 aliphatic heterocycles. The molecular weight excluding hydrogens is 242 g/mol. The molecule has 0 spiro atoms. The first kappa shape index (κ1) is 13.6. The number of hydrogen-bond acceptors (Lipinski definition) is 3. The molecule has 0 saturated heterocycles. The monoisotopic (exact) mass is 261 g/mol. The van der Waals surface area contributed by atoms with Gasteiger partial charge in [-0.25, -0.2) is 0 Å². The Balaban J connectivity index is 2.10. The zero-order valence-corrected chi connectivity index (χ0v) is 11.2. The zero-order valence-electron chi connectivity index (χ0n) is 11.2. The van der Waals surface area contributed by atoms with Crippen LogP contribution in [0.3, 0.4) is 0 Å². The number of hydrogen-bond donors (Lipinski definition) is 0. The van der Waals surface area contributed by atoms with Gasteiger partial charge in [-0.1, -0.05) is 6.07 Å². The van der Waals surface area contributed by atoms with Gasteiger partial charge >= 0.3 is 0 Å². The fourth-order valence-corrected chi connectivity index (χ4v) is 2.21. The summed E-state index contributed by atoms with van der Waals surface area (Å²) in [7, 11) is 1.78. The minimum Gasteiger partial charge on any atom is -0.491 e. The molecule has 0 bridgehead atoms. The summed E-state index contributed by atoms with van der Waals surface area (Å²) in [5, 5.41) is 0. The maximum absolute atomic E-state index is 11.8. The number of benzene rings is 1. The number of rotatable bonds is 5. The molecule has 2 rings (SSSR count). The van der Waals surface area contributed by atoms with Gasteiger partial charge in [0.05, 0.1) is 18.7 Å². The normalized spacial score (nSPS) is 14.6. The number of ether oxygens (including phenoxy) is 1. The number of fused-ring (bicyclic) bond motifs is 1. The van der Waals surface area contributed by atoms with Crippen LogP contribution in [0.15, 0.2) is 18.2 Å². The molecule has 1 aliphatic rings. The number of carbonyl (C=O) groups is 2. The lowest BCUT2D eigenvalue weighted by atomic mass is 10.1. The SMILES string of the molecule is CN1C(=O)CCOc2ccc(CCCCC=O)cc21. The Labute approximate surface area is 113 Å². The highest BCUT2D eigenvalue weighted by molar-refractivity contribution is 5.95. The molecule has 0 unspecified atom stereocenters. The molecule has 0 aromatic heterocycles. The van der Waals surface area contributed by atoms with Crippen LogP contribution in [0.4, 0.5) is 5.69 Å². The van der Waals surface area contributed by atoms with Gasteiger partial charge in [0.25, 0.3) is 0 Å². The van der Waals surface area contributed by atoms with Crippen molar-refractivity contribution in [2.75, 3.05) is 18.6 Å². The van der Waals surface area contributed by atoms with E-state index in [1.165, 1.54) is 5.56 Å². The van der Waals surface area contributed by atoms with E-state index in [4.69, 9.17) is 4.74 Å². The molecule has 1 heterocycles. The minimum atomic E-state index is 0.0804. The quantitative estimate of drug-likeness (QED) is 0.603. The molecule has 0 N–H and O–H groups in total. The van der Waals surface area contributed by atoms with Gasteiger partial charge in [0.1, 0.15) is 12.0 Å². The van der Waals surface area contributed by atoms with E-state index in [0.29, 0.717) is 19.4 Å². The number of amides is 1. The average Bonchev–Trinajstić information content (AvgIpc) is 2.56. The molecule has 0 aliphatic carbocycles. The summed E-state index contributed by atoms with van der Waals surface area (Å²) in [6.45, 7) is 0.439. The Morgan fingerprint density at radius 1 is 1.37 bits per heavy atom. The van der Waals surface area contributed by atoms with E-state index in [-0.39, 0.29) is 5.91 Å². The number of anilines is 1. The maximum atomic E-state index is 11.8. The maximum Gasteiger partial charge on any atom is 0.230 e. The van der Waals surface area contributed by atoms with Gasteiger partial charge < -0.3 is 14.4 Å². The smallest absolute Gasteiger partial charge is 0.230 e. The van der Waals surface area contributed by atoms with Crippen molar-refractivity contribution in [3.8, 4) is 5.75 Å². The summed E-state index contributed by atoms with van der Waals surface area (Å²) >= 11 is 0. The third kappa shape index (κ3) is 3.34. The van der Waals surface area contributed by atoms with Crippen molar-refractivity contribution in [3.05, 3.63) is 23.8 Å². The van der Waals surface area contributed by atoms with Crippen molar-refractivity contribution in [1.82, 2.24) is 0 Å². The van der Waals surface area contributed by atoms with Crippen LogP contribution in [-0.2, 0) is 16.0 Å². The lowest BCUT2D eigenvalue weighted by Crippen LogP contribution is -2.25. The molecular formula is C15H19NO3. The number of carbonyl (C=O) groups excluding carboxylic acids is 2. The van der Waals surface area contributed by atoms with E-state index < -0.39 is 0 Å². The Morgan fingerprint density at radius 3 is 3.00 bits per heavy atom. The molecule has 0 saturated carbocycles. The molecule has 1 aromatic carbocycles. The van der Waals surface area contributed by atoms with Crippen LogP contribution >= 0.6 is 0 Å². The Morgan fingerprint density at radius 2 is 2.21 bits per heavy atom. The van der Waals surface area contributed by atoms with Crippen LogP contribution in [0.2, 0.25) is 0 Å². The van der Waals surface area contributed by atoms with Gasteiger partial charge in [-0.3, -0.25) is 4.79 Å². The Bertz CT molecular complexity index is 470. The molecule has 1 aromatic rings. The van der Waals surface area contributed by atoms with Gasteiger partial charge in [-0.2, -0.15) is 0 Å². The summed E-state index contributed by atoms with van der Waals surface area (Å²) in [5.41, 5.74) is 2.02. The lowest BCUT2D eigenvalue weighted by Gasteiger charge is -2.17. The number of nitrogens with zero attached hydrogens (tertiary/aromatic N) is 1. The third-order valence-corrected chi connectivity index (χ3v) is 3.37. The lowest BCUT2D eigenvalue weighted by molar-refractivity contribution is -0.118. The van der Waals surface area contributed by atoms with Gasteiger partial charge in [-0.15, -0.1) is 0 Å². The molecule has 19 heavy (non-hydrogen) atoms. The van der Waals surface area contributed by atoms with Crippen molar-refractivity contribution < 1.29 is 14.3 Å². The summed E-state index contributed by atoms with van der Waals surface area (Å²) in [6.07, 6.45) is 4.80. The van der Waals surface area contributed by atoms with Crippen molar-refractivity contribution >= 4 is 17.9 Å². The second-order valence-electron chi connectivity index (χ2n) is 4.77. The topological polar surface area (TPSA) is 46.6 Å². The summed E-state index contributed by atoms with van der Waals surface area (Å²) in [4.78, 5) is 23.7. The van der Waals surface area contributed by atoms with E-state index in [1.54, 1.807) is 11.9 Å². The first-order valence-electron chi connectivity index (χ1n) is 6.68. The average molecular weight is 261 g/mol. The van der Waals surface area contributed by atoms with Crippen molar-refractivity contribution in [2.45, 2.75) is 32.1 Å². The second kappa shape index (κ2) is 6.36. The molecule has 1 amide bonds. The van der Waals surface area contributed by atoms with Crippen molar-refractivity contribution in [2.24, 2.45) is 0 Å². The van der Waals surface area contributed by atoms with E-state index in [2.05, 4.69) is 0 Å². The Hall–Kier alpha value is -1.84. The molecule has 4 heteroatoms.